The van der Waals surface area contributed by atoms with Crippen LogP contribution in [0.15, 0.2) is 33.9 Å². The molecule has 33 heavy (non-hydrogen) atoms. The van der Waals surface area contributed by atoms with Crippen LogP contribution in [0.2, 0.25) is 5.02 Å². The molecule has 3 N–H and O–H groups in total. The first-order valence-corrected chi connectivity index (χ1v) is 11.4. The van der Waals surface area contributed by atoms with Crippen LogP contribution in [0, 0.1) is 17.8 Å². The van der Waals surface area contributed by atoms with Crippen LogP contribution < -0.4 is 26.8 Å². The Kier molecular flexibility index (Phi) is 7.31. The van der Waals surface area contributed by atoms with Gasteiger partial charge in [-0.25, -0.2) is 4.79 Å². The molecular formula is C23H30ClN5O4. The average Bonchev–Trinajstić information content (AvgIpc) is 3.11. The van der Waals surface area contributed by atoms with E-state index in [0.29, 0.717) is 17.3 Å². The highest BCUT2D eigenvalue weighted by Crippen LogP contribution is 2.30. The molecule has 1 aromatic heterocycles. The fourth-order valence-corrected chi connectivity index (χ4v) is 4.21. The summed E-state index contributed by atoms with van der Waals surface area (Å²) in [5.41, 5.74) is 5.49. The number of halogens is 1. The van der Waals surface area contributed by atoms with E-state index in [4.69, 9.17) is 17.3 Å². The van der Waals surface area contributed by atoms with Gasteiger partial charge in [0.15, 0.2) is 5.69 Å². The van der Waals surface area contributed by atoms with Gasteiger partial charge in [-0.15, -0.1) is 0 Å². The summed E-state index contributed by atoms with van der Waals surface area (Å²) < 4.78 is 1.28. The summed E-state index contributed by atoms with van der Waals surface area (Å²) in [4.78, 5) is 56.6. The van der Waals surface area contributed by atoms with Crippen LogP contribution in [0.25, 0.3) is 0 Å². The minimum absolute atomic E-state index is 0.00336. The molecule has 1 aliphatic heterocycles. The lowest BCUT2D eigenvalue weighted by Gasteiger charge is -2.28. The number of nitrogens with two attached hydrogens (primary N) is 1. The number of carbonyl (C=O) groups excluding carboxylic acids is 2. The van der Waals surface area contributed by atoms with Crippen molar-refractivity contribution in [3.05, 3.63) is 50.1 Å². The van der Waals surface area contributed by atoms with Crippen LogP contribution in [-0.4, -0.2) is 34.5 Å². The summed E-state index contributed by atoms with van der Waals surface area (Å²) >= 11 is 6.06. The molecule has 178 valence electrons. The SMILES string of the molecule is CC(C)CN(C(=O)C1CC(=O)N(c2cccc(Cl)c2)C1)c1c(N)n(CC(C)C)c(=O)[nH]c1=O. The fourth-order valence-electron chi connectivity index (χ4n) is 4.03. The quantitative estimate of drug-likeness (QED) is 0.637. The summed E-state index contributed by atoms with van der Waals surface area (Å²) in [5.74, 6) is -1.20. The Morgan fingerprint density at radius 2 is 1.91 bits per heavy atom. The van der Waals surface area contributed by atoms with Crippen LogP contribution in [0.1, 0.15) is 34.1 Å². The maximum atomic E-state index is 13.6. The van der Waals surface area contributed by atoms with E-state index in [2.05, 4.69) is 4.98 Å². The van der Waals surface area contributed by atoms with Gasteiger partial charge in [0.2, 0.25) is 11.8 Å². The monoisotopic (exact) mass is 475 g/mol. The van der Waals surface area contributed by atoms with E-state index in [1.165, 1.54) is 14.4 Å². The van der Waals surface area contributed by atoms with E-state index >= 15 is 0 Å². The van der Waals surface area contributed by atoms with E-state index in [9.17, 15) is 19.2 Å². The molecule has 0 saturated carbocycles. The summed E-state index contributed by atoms with van der Waals surface area (Å²) in [5, 5.41) is 0.489. The molecule has 1 fully saturated rings. The highest BCUT2D eigenvalue weighted by Gasteiger charge is 2.39. The number of carbonyl (C=O) groups is 2. The van der Waals surface area contributed by atoms with Gasteiger partial charge in [0, 0.05) is 36.8 Å². The summed E-state index contributed by atoms with van der Waals surface area (Å²) in [6, 6.07) is 6.87. The smallest absolute Gasteiger partial charge is 0.330 e. The number of nitrogens with zero attached hydrogens (tertiary/aromatic N) is 3. The molecule has 2 heterocycles. The van der Waals surface area contributed by atoms with E-state index in [1.807, 2.05) is 27.7 Å². The lowest BCUT2D eigenvalue weighted by atomic mass is 10.1. The number of rotatable bonds is 7. The number of amides is 2. The molecular weight excluding hydrogens is 446 g/mol. The summed E-state index contributed by atoms with van der Waals surface area (Å²) in [7, 11) is 0. The van der Waals surface area contributed by atoms with E-state index in [-0.39, 0.29) is 54.7 Å². The van der Waals surface area contributed by atoms with Crippen LogP contribution in [0.4, 0.5) is 17.2 Å². The number of nitrogens with one attached hydrogen (secondary N) is 1. The molecule has 0 aliphatic carbocycles. The van der Waals surface area contributed by atoms with Crippen molar-refractivity contribution >= 4 is 40.6 Å². The van der Waals surface area contributed by atoms with Gasteiger partial charge in [-0.1, -0.05) is 45.4 Å². The zero-order valence-electron chi connectivity index (χ0n) is 19.3. The Morgan fingerprint density at radius 1 is 1.21 bits per heavy atom. The topological polar surface area (TPSA) is 121 Å². The Balaban J connectivity index is 1.99. The number of aromatic nitrogens is 2. The van der Waals surface area contributed by atoms with Crippen molar-refractivity contribution in [1.82, 2.24) is 9.55 Å². The highest BCUT2D eigenvalue weighted by molar-refractivity contribution is 6.31. The second-order valence-corrected chi connectivity index (χ2v) is 9.66. The Hall–Kier alpha value is -3.07. The first-order chi connectivity index (χ1) is 15.5. The van der Waals surface area contributed by atoms with Crippen LogP contribution in [-0.2, 0) is 16.1 Å². The van der Waals surface area contributed by atoms with Gasteiger partial charge in [0.25, 0.3) is 5.56 Å². The standard InChI is InChI=1S/C23H30ClN5O4/c1-13(2)10-28(19-20(25)29(11-14(3)4)23(33)26-21(19)31)22(32)15-8-18(30)27(12-15)17-7-5-6-16(24)9-17/h5-7,9,13-15H,8,10-12,25H2,1-4H3,(H,26,31,33). The molecule has 1 atom stereocenters. The third-order valence-electron chi connectivity index (χ3n) is 5.44. The minimum Gasteiger partial charge on any atom is -0.383 e. The van der Waals surface area contributed by atoms with Gasteiger partial charge in [0.1, 0.15) is 5.82 Å². The van der Waals surface area contributed by atoms with Gasteiger partial charge < -0.3 is 15.5 Å². The van der Waals surface area contributed by atoms with Crippen molar-refractivity contribution in [3.8, 4) is 0 Å². The third-order valence-corrected chi connectivity index (χ3v) is 5.67. The zero-order valence-corrected chi connectivity index (χ0v) is 20.1. The van der Waals surface area contributed by atoms with E-state index in [0.717, 1.165) is 0 Å². The average molecular weight is 476 g/mol. The van der Waals surface area contributed by atoms with Gasteiger partial charge in [0.05, 0.1) is 5.92 Å². The molecule has 0 spiro atoms. The Bertz CT molecular complexity index is 1170. The maximum Gasteiger partial charge on any atom is 0.330 e. The Labute approximate surface area is 197 Å². The first kappa shape index (κ1) is 24.6. The number of anilines is 3. The zero-order chi connectivity index (χ0) is 24.4. The number of hydrogen-bond acceptors (Lipinski definition) is 5. The molecule has 1 aliphatic rings. The molecule has 9 nitrogen and oxygen atoms in total. The second-order valence-electron chi connectivity index (χ2n) is 9.23. The lowest BCUT2D eigenvalue weighted by molar-refractivity contribution is -0.124. The van der Waals surface area contributed by atoms with Crippen molar-refractivity contribution in [2.24, 2.45) is 17.8 Å². The van der Waals surface area contributed by atoms with Crippen molar-refractivity contribution in [1.29, 1.82) is 0 Å². The molecule has 0 bridgehead atoms. The number of benzene rings is 1. The van der Waals surface area contributed by atoms with Crippen molar-refractivity contribution < 1.29 is 9.59 Å². The molecule has 10 heteroatoms. The first-order valence-electron chi connectivity index (χ1n) is 11.0. The normalized spacial score (nSPS) is 16.2. The second kappa shape index (κ2) is 9.82. The van der Waals surface area contributed by atoms with Crippen LogP contribution in [0.5, 0.6) is 0 Å². The number of hydrogen-bond donors (Lipinski definition) is 2. The third kappa shape index (κ3) is 5.30. The molecule has 1 aromatic carbocycles. The lowest BCUT2D eigenvalue weighted by Crippen LogP contribution is -2.45. The van der Waals surface area contributed by atoms with Crippen LogP contribution >= 0.6 is 11.6 Å². The number of nitrogen functional groups attached to an aromatic ring is 1. The highest BCUT2D eigenvalue weighted by atomic mass is 35.5. The summed E-state index contributed by atoms with van der Waals surface area (Å²) in [6.45, 7) is 8.33. The van der Waals surface area contributed by atoms with Gasteiger partial charge in [-0.2, -0.15) is 0 Å². The predicted molar refractivity (Wildman–Crippen MR) is 130 cm³/mol. The maximum absolute atomic E-state index is 13.6. The minimum atomic E-state index is -0.720. The molecule has 1 saturated heterocycles. The van der Waals surface area contributed by atoms with Gasteiger partial charge in [-0.3, -0.25) is 23.9 Å². The number of H-pyrrole nitrogens is 1. The van der Waals surface area contributed by atoms with Crippen molar-refractivity contribution in [2.75, 3.05) is 28.6 Å². The molecule has 2 aromatic rings. The van der Waals surface area contributed by atoms with Crippen LogP contribution in [0.3, 0.4) is 0 Å². The van der Waals surface area contributed by atoms with Crippen molar-refractivity contribution in [2.45, 2.75) is 40.7 Å². The van der Waals surface area contributed by atoms with E-state index in [1.54, 1.807) is 24.3 Å². The largest absolute Gasteiger partial charge is 0.383 e. The predicted octanol–water partition coefficient (Wildman–Crippen LogP) is 2.47. The molecule has 1 unspecified atom stereocenters. The molecule has 0 radical (unpaired) electrons. The fraction of sp³-hybridized carbons (Fsp3) is 0.478. The van der Waals surface area contributed by atoms with E-state index < -0.39 is 17.2 Å². The van der Waals surface area contributed by atoms with Crippen molar-refractivity contribution in [3.63, 3.8) is 0 Å². The Morgan fingerprint density at radius 3 is 2.52 bits per heavy atom. The molecule has 2 amide bonds. The van der Waals surface area contributed by atoms with Gasteiger partial charge in [-0.05, 0) is 30.0 Å². The molecule has 3 rings (SSSR count). The van der Waals surface area contributed by atoms with Gasteiger partial charge >= 0.3 is 5.69 Å². The summed E-state index contributed by atoms with van der Waals surface area (Å²) in [6.07, 6.45) is 0.00336. The number of aromatic amines is 1.